The average Bonchev–Trinajstić information content (AvgIpc) is 2.32. The Kier molecular flexibility index (Phi) is 6.56. The number of carbonyl (C=O) groups is 1. The molecule has 0 spiro atoms. The third-order valence-electron chi connectivity index (χ3n) is 2.53. The van der Waals surface area contributed by atoms with Crippen LogP contribution in [0.4, 0.5) is 0 Å². The zero-order valence-corrected chi connectivity index (χ0v) is 11.7. The highest BCUT2D eigenvalue weighted by Crippen LogP contribution is 2.09. The Morgan fingerprint density at radius 3 is 2.28 bits per heavy atom. The van der Waals surface area contributed by atoms with Gasteiger partial charge in [0.2, 0.25) is 6.41 Å². The highest BCUT2D eigenvalue weighted by molar-refractivity contribution is 5.46. The van der Waals surface area contributed by atoms with Gasteiger partial charge in [0.1, 0.15) is 0 Å². The van der Waals surface area contributed by atoms with Gasteiger partial charge >= 0.3 is 0 Å². The highest BCUT2D eigenvalue weighted by Gasteiger charge is 2.17. The van der Waals surface area contributed by atoms with E-state index < -0.39 is 0 Å². The van der Waals surface area contributed by atoms with E-state index in [1.165, 1.54) is 0 Å². The SMILES string of the molecule is CC(C)(C)ON1CCNCCN(C=O)CCNC1. The van der Waals surface area contributed by atoms with Crippen molar-refractivity contribution in [1.29, 1.82) is 0 Å². The number of carbonyl (C=O) groups excluding carboxylic acids is 1. The second-order valence-corrected chi connectivity index (χ2v) is 5.46. The molecule has 0 aromatic carbocycles. The molecule has 0 aliphatic carbocycles. The van der Waals surface area contributed by atoms with Crippen LogP contribution in [0.3, 0.4) is 0 Å². The molecule has 1 fully saturated rings. The summed E-state index contributed by atoms with van der Waals surface area (Å²) >= 11 is 0. The maximum atomic E-state index is 10.8. The van der Waals surface area contributed by atoms with Crippen LogP contribution in [0.5, 0.6) is 0 Å². The van der Waals surface area contributed by atoms with Gasteiger partial charge in [0, 0.05) is 39.3 Å². The second-order valence-electron chi connectivity index (χ2n) is 5.46. The van der Waals surface area contributed by atoms with Crippen LogP contribution >= 0.6 is 0 Å². The molecule has 1 rings (SSSR count). The van der Waals surface area contributed by atoms with E-state index in [4.69, 9.17) is 4.84 Å². The van der Waals surface area contributed by atoms with E-state index in [2.05, 4.69) is 10.6 Å². The maximum absolute atomic E-state index is 10.8. The number of amides is 1. The van der Waals surface area contributed by atoms with Gasteiger partial charge in [-0.3, -0.25) is 9.63 Å². The number of hydrogen-bond acceptors (Lipinski definition) is 5. The summed E-state index contributed by atoms with van der Waals surface area (Å²) in [6.07, 6.45) is 0.907. The van der Waals surface area contributed by atoms with Gasteiger partial charge in [0.25, 0.3) is 0 Å². The lowest BCUT2D eigenvalue weighted by Gasteiger charge is -2.30. The van der Waals surface area contributed by atoms with E-state index in [0.717, 1.165) is 45.7 Å². The number of nitrogens with one attached hydrogen (secondary N) is 2. The van der Waals surface area contributed by atoms with Crippen molar-refractivity contribution in [2.24, 2.45) is 0 Å². The van der Waals surface area contributed by atoms with Gasteiger partial charge in [0.15, 0.2) is 0 Å². The van der Waals surface area contributed by atoms with E-state index >= 15 is 0 Å². The minimum atomic E-state index is -0.184. The average molecular weight is 258 g/mol. The Labute approximate surface area is 110 Å². The molecule has 106 valence electrons. The zero-order valence-electron chi connectivity index (χ0n) is 11.7. The van der Waals surface area contributed by atoms with E-state index in [1.54, 1.807) is 4.90 Å². The molecular weight excluding hydrogens is 232 g/mol. The Morgan fingerprint density at radius 1 is 1.06 bits per heavy atom. The molecular formula is C12H26N4O2. The first-order chi connectivity index (χ1) is 8.51. The largest absolute Gasteiger partial charge is 0.343 e. The third-order valence-corrected chi connectivity index (χ3v) is 2.53. The number of nitrogens with zero attached hydrogens (tertiary/aromatic N) is 2. The minimum Gasteiger partial charge on any atom is -0.343 e. The zero-order chi connectivity index (χ0) is 13.4. The lowest BCUT2D eigenvalue weighted by molar-refractivity contribution is -0.230. The summed E-state index contributed by atoms with van der Waals surface area (Å²) in [6.45, 7) is 11.6. The fraction of sp³-hybridized carbons (Fsp3) is 0.917. The first-order valence-corrected chi connectivity index (χ1v) is 6.56. The Balaban J connectivity index is 2.41. The predicted molar refractivity (Wildman–Crippen MR) is 70.9 cm³/mol. The number of hydroxylamine groups is 2. The molecule has 0 unspecified atom stereocenters. The van der Waals surface area contributed by atoms with Crippen LogP contribution in [0.1, 0.15) is 20.8 Å². The molecule has 6 heteroatoms. The Bertz CT molecular complexity index is 243. The molecule has 0 bridgehead atoms. The van der Waals surface area contributed by atoms with Gasteiger partial charge in [-0.1, -0.05) is 0 Å². The van der Waals surface area contributed by atoms with Crippen molar-refractivity contribution in [1.82, 2.24) is 20.6 Å². The molecule has 0 aromatic rings. The molecule has 6 nitrogen and oxygen atoms in total. The second kappa shape index (κ2) is 7.68. The summed E-state index contributed by atoms with van der Waals surface area (Å²) in [7, 11) is 0. The minimum absolute atomic E-state index is 0.184. The smallest absolute Gasteiger partial charge is 0.209 e. The van der Waals surface area contributed by atoms with Crippen molar-refractivity contribution in [3.05, 3.63) is 0 Å². The maximum Gasteiger partial charge on any atom is 0.209 e. The highest BCUT2D eigenvalue weighted by atomic mass is 16.7. The Morgan fingerprint density at radius 2 is 1.67 bits per heavy atom. The van der Waals surface area contributed by atoms with Gasteiger partial charge in [-0.25, -0.2) is 0 Å². The molecule has 0 aromatic heterocycles. The predicted octanol–water partition coefficient (Wildman–Crippen LogP) is -0.373. The summed E-state index contributed by atoms with van der Waals surface area (Å²) in [6, 6.07) is 0. The summed E-state index contributed by atoms with van der Waals surface area (Å²) in [4.78, 5) is 18.4. The van der Waals surface area contributed by atoms with Crippen molar-refractivity contribution in [3.8, 4) is 0 Å². The molecule has 1 aliphatic heterocycles. The molecule has 0 radical (unpaired) electrons. The fourth-order valence-corrected chi connectivity index (χ4v) is 1.74. The summed E-state index contributed by atoms with van der Waals surface area (Å²) in [5, 5.41) is 8.54. The van der Waals surface area contributed by atoms with E-state index in [9.17, 15) is 4.79 Å². The van der Waals surface area contributed by atoms with Gasteiger partial charge in [-0.2, -0.15) is 5.06 Å². The van der Waals surface area contributed by atoms with Crippen molar-refractivity contribution >= 4 is 6.41 Å². The molecule has 0 atom stereocenters. The van der Waals surface area contributed by atoms with Gasteiger partial charge in [-0.05, 0) is 20.8 Å². The lowest BCUT2D eigenvalue weighted by atomic mass is 10.2. The third kappa shape index (κ3) is 6.90. The van der Waals surface area contributed by atoms with Crippen LogP contribution < -0.4 is 10.6 Å². The van der Waals surface area contributed by atoms with E-state index in [-0.39, 0.29) is 5.60 Å². The van der Waals surface area contributed by atoms with Gasteiger partial charge < -0.3 is 15.5 Å². The van der Waals surface area contributed by atoms with Crippen LogP contribution in [0.2, 0.25) is 0 Å². The molecule has 1 saturated heterocycles. The summed E-state index contributed by atoms with van der Waals surface area (Å²) < 4.78 is 0. The molecule has 1 aliphatic rings. The standard InChI is InChI=1S/C12H26N4O2/c1-12(2,3)18-16-9-6-13-4-7-15(11-17)8-5-14-10-16/h11,13-14H,4-10H2,1-3H3. The topological polar surface area (TPSA) is 56.8 Å². The van der Waals surface area contributed by atoms with Crippen molar-refractivity contribution < 1.29 is 9.63 Å². The van der Waals surface area contributed by atoms with Crippen LogP contribution in [0, 0.1) is 0 Å². The van der Waals surface area contributed by atoms with Crippen LogP contribution in [-0.4, -0.2) is 67.9 Å². The molecule has 2 N–H and O–H groups in total. The van der Waals surface area contributed by atoms with Gasteiger partial charge in [0.05, 0.1) is 12.3 Å². The molecule has 0 saturated carbocycles. The normalized spacial score (nSPS) is 21.4. The van der Waals surface area contributed by atoms with Crippen LogP contribution in [0.15, 0.2) is 0 Å². The first kappa shape index (κ1) is 15.4. The van der Waals surface area contributed by atoms with Crippen molar-refractivity contribution in [2.45, 2.75) is 26.4 Å². The molecule has 18 heavy (non-hydrogen) atoms. The number of hydrogen-bond donors (Lipinski definition) is 2. The van der Waals surface area contributed by atoms with E-state index in [0.29, 0.717) is 6.67 Å². The van der Waals surface area contributed by atoms with Gasteiger partial charge in [-0.15, -0.1) is 0 Å². The summed E-state index contributed by atoms with van der Waals surface area (Å²) in [5.41, 5.74) is -0.184. The Hall–Kier alpha value is -0.690. The fourth-order valence-electron chi connectivity index (χ4n) is 1.74. The number of rotatable bonds is 2. The van der Waals surface area contributed by atoms with E-state index in [1.807, 2.05) is 25.8 Å². The summed E-state index contributed by atoms with van der Waals surface area (Å²) in [5.74, 6) is 0. The monoisotopic (exact) mass is 258 g/mol. The van der Waals surface area contributed by atoms with Crippen LogP contribution in [0.25, 0.3) is 0 Å². The molecule has 1 heterocycles. The van der Waals surface area contributed by atoms with Crippen LogP contribution in [-0.2, 0) is 9.63 Å². The quantitative estimate of drug-likeness (QED) is 0.662. The van der Waals surface area contributed by atoms with Crippen molar-refractivity contribution in [3.63, 3.8) is 0 Å². The molecule has 1 amide bonds. The first-order valence-electron chi connectivity index (χ1n) is 6.56. The van der Waals surface area contributed by atoms with Crippen molar-refractivity contribution in [2.75, 3.05) is 45.9 Å². The lowest BCUT2D eigenvalue weighted by Crippen LogP contribution is -2.43.